The largest absolute Gasteiger partial charge is 0.205 e. The van der Waals surface area contributed by atoms with Gasteiger partial charge in [0.2, 0.25) is 0 Å². The maximum absolute atomic E-state index is 2.30. The van der Waals surface area contributed by atoms with E-state index in [-0.39, 0.29) is 0 Å². The second-order valence-electron chi connectivity index (χ2n) is 6.41. The first kappa shape index (κ1) is 19.5. The molecule has 22 heavy (non-hydrogen) atoms. The fourth-order valence-electron chi connectivity index (χ4n) is 2.65. The average molecular weight is 323 g/mol. The van der Waals surface area contributed by atoms with Crippen LogP contribution in [0.4, 0.5) is 0 Å². The average Bonchev–Trinajstić information content (AvgIpc) is 2.53. The monoisotopic (exact) mass is 322 g/mol. The molecule has 1 nitrogen and oxygen atoms in total. The molecule has 0 saturated heterocycles. The maximum Gasteiger partial charge on any atom is 0.169 e. The summed E-state index contributed by atoms with van der Waals surface area (Å²) in [5.41, 5.74) is 1.34. The minimum absolute atomic E-state index is 1.16. The van der Waals surface area contributed by atoms with Crippen LogP contribution in [0, 0.1) is 6.92 Å². The second kappa shape index (κ2) is 14.1. The van der Waals surface area contributed by atoms with Crippen LogP contribution in [0.1, 0.15) is 76.7 Å². The molecule has 0 radical (unpaired) electrons. The van der Waals surface area contributed by atoms with Crippen LogP contribution in [-0.4, -0.2) is 11.5 Å². The smallest absolute Gasteiger partial charge is 0.169 e. The standard InChI is InChI=1S/C20H36NS/c1-3-4-5-6-7-8-9-10-11-18-22-19-12-15-21-16-13-20(2)14-17-21/h13-14,16-17H,3-12,15,18-19H2,1-2H3/q+1. The predicted molar refractivity (Wildman–Crippen MR) is 101 cm³/mol. The molecular formula is C20H36NS+. The van der Waals surface area contributed by atoms with E-state index in [1.807, 2.05) is 0 Å². The van der Waals surface area contributed by atoms with Crippen LogP contribution in [-0.2, 0) is 6.54 Å². The summed E-state index contributed by atoms with van der Waals surface area (Å²) in [6.45, 7) is 5.59. The van der Waals surface area contributed by atoms with Crippen LogP contribution in [0.5, 0.6) is 0 Å². The summed E-state index contributed by atoms with van der Waals surface area (Å²) in [4.78, 5) is 0. The molecule has 1 heterocycles. The molecule has 0 atom stereocenters. The fourth-order valence-corrected chi connectivity index (χ4v) is 3.59. The number of aryl methyl sites for hydroxylation is 2. The molecule has 0 fully saturated rings. The molecule has 0 spiro atoms. The van der Waals surface area contributed by atoms with Crippen molar-refractivity contribution in [1.82, 2.24) is 0 Å². The number of nitrogens with zero attached hydrogens (tertiary/aromatic N) is 1. The number of unbranched alkanes of at least 4 members (excludes halogenated alkanes) is 8. The SMILES string of the molecule is CCCCCCCCCCCSCCC[n+]1ccc(C)cc1. The number of aromatic nitrogens is 1. The third-order valence-electron chi connectivity index (χ3n) is 4.16. The van der Waals surface area contributed by atoms with Crippen molar-refractivity contribution in [2.45, 2.75) is 84.6 Å². The molecule has 0 aliphatic rings. The first-order chi connectivity index (χ1) is 10.8. The van der Waals surface area contributed by atoms with Crippen LogP contribution < -0.4 is 4.57 Å². The van der Waals surface area contributed by atoms with E-state index in [0.29, 0.717) is 0 Å². The minimum atomic E-state index is 1.16. The van der Waals surface area contributed by atoms with Gasteiger partial charge >= 0.3 is 0 Å². The molecule has 0 aliphatic carbocycles. The van der Waals surface area contributed by atoms with Crippen molar-refractivity contribution < 1.29 is 4.57 Å². The van der Waals surface area contributed by atoms with Gasteiger partial charge in [0.25, 0.3) is 0 Å². The van der Waals surface area contributed by atoms with Crippen molar-refractivity contribution in [3.8, 4) is 0 Å². The van der Waals surface area contributed by atoms with Crippen molar-refractivity contribution in [3.63, 3.8) is 0 Å². The highest BCUT2D eigenvalue weighted by Crippen LogP contribution is 2.12. The van der Waals surface area contributed by atoms with Gasteiger partial charge in [0, 0.05) is 18.6 Å². The summed E-state index contributed by atoms with van der Waals surface area (Å²) in [5, 5.41) is 0. The summed E-state index contributed by atoms with van der Waals surface area (Å²) < 4.78 is 2.30. The van der Waals surface area contributed by atoms with Gasteiger partial charge in [-0.3, -0.25) is 0 Å². The summed E-state index contributed by atoms with van der Waals surface area (Å²) in [6, 6.07) is 4.38. The van der Waals surface area contributed by atoms with E-state index in [1.54, 1.807) is 0 Å². The Kier molecular flexibility index (Phi) is 12.5. The van der Waals surface area contributed by atoms with Crippen molar-refractivity contribution in [3.05, 3.63) is 30.1 Å². The van der Waals surface area contributed by atoms with E-state index in [2.05, 4.69) is 54.7 Å². The molecule has 0 bridgehead atoms. The Hall–Kier alpha value is -0.500. The van der Waals surface area contributed by atoms with Crippen LogP contribution in [0.3, 0.4) is 0 Å². The predicted octanol–water partition coefficient (Wildman–Crippen LogP) is 5.94. The van der Waals surface area contributed by atoms with Gasteiger partial charge in [-0.2, -0.15) is 11.8 Å². The zero-order valence-corrected chi connectivity index (χ0v) is 15.7. The van der Waals surface area contributed by atoms with Crippen molar-refractivity contribution in [1.29, 1.82) is 0 Å². The molecule has 1 aromatic heterocycles. The zero-order chi connectivity index (χ0) is 15.9. The van der Waals surface area contributed by atoms with Gasteiger partial charge in [-0.15, -0.1) is 0 Å². The van der Waals surface area contributed by atoms with Crippen LogP contribution >= 0.6 is 11.8 Å². The van der Waals surface area contributed by atoms with Crippen molar-refractivity contribution in [2.75, 3.05) is 11.5 Å². The van der Waals surface area contributed by atoms with Gasteiger partial charge < -0.3 is 0 Å². The molecule has 0 N–H and O–H groups in total. The highest BCUT2D eigenvalue weighted by atomic mass is 32.2. The Morgan fingerprint density at radius 1 is 0.773 bits per heavy atom. The van der Waals surface area contributed by atoms with Gasteiger partial charge in [-0.1, -0.05) is 58.3 Å². The number of hydrogen-bond donors (Lipinski definition) is 0. The molecular weight excluding hydrogens is 286 g/mol. The van der Waals surface area contributed by atoms with Gasteiger partial charge in [0.1, 0.15) is 6.54 Å². The Bertz CT molecular complexity index is 347. The Morgan fingerprint density at radius 3 is 1.95 bits per heavy atom. The zero-order valence-electron chi connectivity index (χ0n) is 14.9. The van der Waals surface area contributed by atoms with Gasteiger partial charge in [0.05, 0.1) is 0 Å². The van der Waals surface area contributed by atoms with Crippen molar-refractivity contribution >= 4 is 11.8 Å². The Balaban J connectivity index is 1.79. The third-order valence-corrected chi connectivity index (χ3v) is 5.31. The number of hydrogen-bond acceptors (Lipinski definition) is 1. The molecule has 0 aromatic carbocycles. The molecule has 0 amide bonds. The molecule has 2 heteroatoms. The Morgan fingerprint density at radius 2 is 1.32 bits per heavy atom. The lowest BCUT2D eigenvalue weighted by Gasteiger charge is -2.02. The van der Waals surface area contributed by atoms with Crippen molar-refractivity contribution in [2.24, 2.45) is 0 Å². The lowest BCUT2D eigenvalue weighted by Crippen LogP contribution is -2.32. The van der Waals surface area contributed by atoms with E-state index < -0.39 is 0 Å². The van der Waals surface area contributed by atoms with Gasteiger partial charge in [-0.25, -0.2) is 4.57 Å². The molecule has 126 valence electrons. The summed E-state index contributed by atoms with van der Waals surface area (Å²) in [7, 11) is 0. The highest BCUT2D eigenvalue weighted by molar-refractivity contribution is 7.99. The molecule has 0 aliphatic heterocycles. The highest BCUT2D eigenvalue weighted by Gasteiger charge is 1.99. The quantitative estimate of drug-likeness (QED) is 0.303. The normalized spacial score (nSPS) is 11.0. The summed E-state index contributed by atoms with van der Waals surface area (Å²) >= 11 is 2.14. The third kappa shape index (κ3) is 11.1. The van der Waals surface area contributed by atoms with Gasteiger partial charge in [0.15, 0.2) is 12.4 Å². The molecule has 1 rings (SSSR count). The maximum atomic E-state index is 2.30. The molecule has 0 saturated carbocycles. The van der Waals surface area contributed by atoms with Crippen LogP contribution in [0.25, 0.3) is 0 Å². The lowest BCUT2D eigenvalue weighted by atomic mass is 10.1. The van der Waals surface area contributed by atoms with Crippen LogP contribution in [0.2, 0.25) is 0 Å². The second-order valence-corrected chi connectivity index (χ2v) is 7.63. The first-order valence-electron chi connectivity index (χ1n) is 9.36. The summed E-state index contributed by atoms with van der Waals surface area (Å²) in [5.74, 6) is 2.66. The van der Waals surface area contributed by atoms with Crippen LogP contribution in [0.15, 0.2) is 24.5 Å². The van der Waals surface area contributed by atoms with E-state index >= 15 is 0 Å². The lowest BCUT2D eigenvalue weighted by molar-refractivity contribution is -0.696. The number of thioether (sulfide) groups is 1. The number of pyridine rings is 1. The minimum Gasteiger partial charge on any atom is -0.205 e. The van der Waals surface area contributed by atoms with E-state index in [0.717, 1.165) is 6.54 Å². The van der Waals surface area contributed by atoms with E-state index in [9.17, 15) is 0 Å². The number of rotatable bonds is 14. The Labute approximate surface area is 142 Å². The summed E-state index contributed by atoms with van der Waals surface area (Å²) in [6.07, 6.45) is 18.6. The topological polar surface area (TPSA) is 3.88 Å². The fraction of sp³-hybridized carbons (Fsp3) is 0.750. The van der Waals surface area contributed by atoms with Gasteiger partial charge in [-0.05, 0) is 30.4 Å². The van der Waals surface area contributed by atoms with E-state index in [1.165, 1.54) is 81.3 Å². The molecule has 1 aromatic rings. The first-order valence-corrected chi connectivity index (χ1v) is 10.5. The van der Waals surface area contributed by atoms with E-state index in [4.69, 9.17) is 0 Å². The molecule has 0 unspecified atom stereocenters.